The summed E-state index contributed by atoms with van der Waals surface area (Å²) in [6.07, 6.45) is 0. The maximum absolute atomic E-state index is 11.8. The van der Waals surface area contributed by atoms with E-state index in [2.05, 4.69) is 10.2 Å². The average molecular weight is 256 g/mol. The van der Waals surface area contributed by atoms with Crippen molar-refractivity contribution >= 4 is 23.1 Å². The molecule has 0 atom stereocenters. The van der Waals surface area contributed by atoms with Gasteiger partial charge in [0.2, 0.25) is 0 Å². The summed E-state index contributed by atoms with van der Waals surface area (Å²) in [5.41, 5.74) is 6.66. The lowest BCUT2D eigenvalue weighted by molar-refractivity contribution is 0.0990. The Kier molecular flexibility index (Phi) is 5.41. The van der Waals surface area contributed by atoms with Crippen molar-refractivity contribution in [2.45, 2.75) is 0 Å². The monoisotopic (exact) mass is 255 g/mol. The molecule has 0 spiro atoms. The summed E-state index contributed by atoms with van der Waals surface area (Å²) in [5.74, 6) is 0.0205. The Balaban J connectivity index is 2.44. The van der Waals surface area contributed by atoms with Gasteiger partial charge in [0.25, 0.3) is 0 Å². The number of nitrogens with one attached hydrogen (secondary N) is 1. The maximum atomic E-state index is 11.8. The van der Waals surface area contributed by atoms with Gasteiger partial charge in [0, 0.05) is 18.7 Å². The van der Waals surface area contributed by atoms with Crippen LogP contribution in [0.4, 0.5) is 5.69 Å². The molecule has 0 unspecified atom stereocenters. The van der Waals surface area contributed by atoms with Gasteiger partial charge in [0.15, 0.2) is 5.78 Å². The van der Waals surface area contributed by atoms with E-state index >= 15 is 0 Å². The van der Waals surface area contributed by atoms with E-state index in [1.807, 2.05) is 14.1 Å². The minimum atomic E-state index is 0.0205. The number of halogens is 1. The van der Waals surface area contributed by atoms with Crippen molar-refractivity contribution in [3.05, 3.63) is 28.8 Å². The van der Waals surface area contributed by atoms with Crippen molar-refractivity contribution in [3.8, 4) is 0 Å². The number of nitrogens with zero attached hydrogens (tertiary/aromatic N) is 1. The molecule has 0 heterocycles. The number of hydrogen-bond acceptors (Lipinski definition) is 4. The smallest absolute Gasteiger partial charge is 0.176 e. The number of rotatable bonds is 6. The standard InChI is InChI=1S/C12H18ClN3O/c1-16(2)6-5-15-8-12(17)9-3-4-10(13)11(14)7-9/h3-4,7,15H,5-6,8,14H2,1-2H3. The number of nitrogens with two attached hydrogens (primary N) is 1. The second-order valence-electron chi connectivity index (χ2n) is 4.14. The first kappa shape index (κ1) is 14.0. The third-order valence-electron chi connectivity index (χ3n) is 2.34. The zero-order valence-electron chi connectivity index (χ0n) is 10.2. The first-order valence-corrected chi connectivity index (χ1v) is 5.82. The van der Waals surface area contributed by atoms with Crippen LogP contribution in [-0.2, 0) is 0 Å². The van der Waals surface area contributed by atoms with Crippen molar-refractivity contribution in [2.24, 2.45) is 0 Å². The molecule has 0 aliphatic carbocycles. The quantitative estimate of drug-likeness (QED) is 0.456. The molecule has 0 saturated carbocycles. The molecule has 0 radical (unpaired) electrons. The highest BCUT2D eigenvalue weighted by atomic mass is 35.5. The molecule has 0 saturated heterocycles. The largest absolute Gasteiger partial charge is 0.398 e. The highest BCUT2D eigenvalue weighted by Gasteiger charge is 2.07. The van der Waals surface area contributed by atoms with Crippen molar-refractivity contribution in [1.82, 2.24) is 10.2 Å². The molecule has 0 aromatic heterocycles. The van der Waals surface area contributed by atoms with Crippen LogP contribution >= 0.6 is 11.6 Å². The van der Waals surface area contributed by atoms with E-state index in [4.69, 9.17) is 17.3 Å². The molecular weight excluding hydrogens is 238 g/mol. The average Bonchev–Trinajstić information content (AvgIpc) is 2.27. The Morgan fingerprint density at radius 3 is 2.76 bits per heavy atom. The number of hydrogen-bond donors (Lipinski definition) is 2. The first-order valence-electron chi connectivity index (χ1n) is 5.44. The van der Waals surface area contributed by atoms with Crippen LogP contribution in [0.25, 0.3) is 0 Å². The molecule has 1 aromatic carbocycles. The lowest BCUT2D eigenvalue weighted by Gasteiger charge is -2.10. The summed E-state index contributed by atoms with van der Waals surface area (Å²) in [6, 6.07) is 4.94. The molecule has 0 fully saturated rings. The molecule has 0 bridgehead atoms. The summed E-state index contributed by atoms with van der Waals surface area (Å²) in [5, 5.41) is 3.56. The van der Waals surface area contributed by atoms with Gasteiger partial charge in [-0.05, 0) is 32.3 Å². The van der Waals surface area contributed by atoms with Crippen LogP contribution < -0.4 is 11.1 Å². The van der Waals surface area contributed by atoms with Crippen molar-refractivity contribution in [3.63, 3.8) is 0 Å². The third-order valence-corrected chi connectivity index (χ3v) is 2.68. The van der Waals surface area contributed by atoms with E-state index in [0.29, 0.717) is 22.8 Å². The van der Waals surface area contributed by atoms with Crippen LogP contribution in [0.15, 0.2) is 18.2 Å². The molecule has 3 N–H and O–H groups in total. The molecular formula is C12H18ClN3O. The van der Waals surface area contributed by atoms with E-state index in [9.17, 15) is 4.79 Å². The number of Topliss-reactive ketones (excluding diaryl/α,β-unsaturated/α-hetero) is 1. The Bertz CT molecular complexity index is 393. The van der Waals surface area contributed by atoms with Crippen LogP contribution in [0.3, 0.4) is 0 Å². The predicted molar refractivity (Wildman–Crippen MR) is 71.6 cm³/mol. The van der Waals surface area contributed by atoms with Crippen LogP contribution in [-0.4, -0.2) is 44.4 Å². The van der Waals surface area contributed by atoms with Crippen molar-refractivity contribution in [1.29, 1.82) is 0 Å². The topological polar surface area (TPSA) is 58.4 Å². The fraction of sp³-hybridized carbons (Fsp3) is 0.417. The summed E-state index contributed by atoms with van der Waals surface area (Å²) < 4.78 is 0. The lowest BCUT2D eigenvalue weighted by Crippen LogP contribution is -2.30. The molecule has 94 valence electrons. The van der Waals surface area contributed by atoms with Gasteiger partial charge in [0.1, 0.15) is 0 Å². The molecule has 0 aliphatic rings. The molecule has 1 rings (SSSR count). The fourth-order valence-corrected chi connectivity index (χ4v) is 1.44. The number of likely N-dealkylation sites (N-methyl/N-ethyl adjacent to an activating group) is 1. The van der Waals surface area contributed by atoms with Crippen LogP contribution in [0.1, 0.15) is 10.4 Å². The van der Waals surface area contributed by atoms with E-state index in [1.165, 1.54) is 0 Å². The Morgan fingerprint density at radius 2 is 2.18 bits per heavy atom. The summed E-state index contributed by atoms with van der Waals surface area (Å²) in [6.45, 7) is 1.99. The van der Waals surface area contributed by atoms with Crippen molar-refractivity contribution in [2.75, 3.05) is 39.5 Å². The van der Waals surface area contributed by atoms with Gasteiger partial charge in [-0.25, -0.2) is 0 Å². The molecule has 0 aliphatic heterocycles. The van der Waals surface area contributed by atoms with E-state index in [-0.39, 0.29) is 5.78 Å². The Morgan fingerprint density at radius 1 is 1.47 bits per heavy atom. The minimum Gasteiger partial charge on any atom is -0.398 e. The third kappa shape index (κ3) is 4.73. The number of anilines is 1. The maximum Gasteiger partial charge on any atom is 0.176 e. The number of carbonyl (C=O) groups is 1. The number of benzene rings is 1. The van der Waals surface area contributed by atoms with Gasteiger partial charge in [-0.1, -0.05) is 11.6 Å². The molecule has 5 heteroatoms. The molecule has 17 heavy (non-hydrogen) atoms. The molecule has 0 amide bonds. The van der Waals surface area contributed by atoms with Gasteiger partial charge < -0.3 is 16.0 Å². The highest BCUT2D eigenvalue weighted by molar-refractivity contribution is 6.33. The highest BCUT2D eigenvalue weighted by Crippen LogP contribution is 2.19. The second-order valence-corrected chi connectivity index (χ2v) is 4.55. The SMILES string of the molecule is CN(C)CCNCC(=O)c1ccc(Cl)c(N)c1. The summed E-state index contributed by atoms with van der Waals surface area (Å²) in [4.78, 5) is 13.8. The minimum absolute atomic E-state index is 0.0205. The number of nitrogen functional groups attached to an aromatic ring is 1. The van der Waals surface area contributed by atoms with Gasteiger partial charge >= 0.3 is 0 Å². The number of ketones is 1. The molecule has 4 nitrogen and oxygen atoms in total. The second kappa shape index (κ2) is 6.59. The van der Waals surface area contributed by atoms with E-state index in [0.717, 1.165) is 13.1 Å². The summed E-state index contributed by atoms with van der Waals surface area (Å²) in [7, 11) is 3.98. The number of carbonyl (C=O) groups excluding carboxylic acids is 1. The lowest BCUT2D eigenvalue weighted by atomic mass is 10.1. The van der Waals surface area contributed by atoms with E-state index in [1.54, 1.807) is 18.2 Å². The normalized spacial score (nSPS) is 10.8. The zero-order chi connectivity index (χ0) is 12.8. The first-order chi connectivity index (χ1) is 8.00. The summed E-state index contributed by atoms with van der Waals surface area (Å²) >= 11 is 5.79. The predicted octanol–water partition coefficient (Wildman–Crippen LogP) is 1.26. The van der Waals surface area contributed by atoms with Gasteiger partial charge in [-0.2, -0.15) is 0 Å². The van der Waals surface area contributed by atoms with Crippen LogP contribution in [0.5, 0.6) is 0 Å². The van der Waals surface area contributed by atoms with Crippen LogP contribution in [0.2, 0.25) is 5.02 Å². The van der Waals surface area contributed by atoms with Gasteiger partial charge in [0.05, 0.1) is 17.3 Å². The van der Waals surface area contributed by atoms with Gasteiger partial charge in [-0.15, -0.1) is 0 Å². The Labute approximate surface area is 107 Å². The molecule has 1 aromatic rings. The van der Waals surface area contributed by atoms with Gasteiger partial charge in [-0.3, -0.25) is 4.79 Å². The Hall–Kier alpha value is -1.10. The fourth-order valence-electron chi connectivity index (χ4n) is 1.32. The zero-order valence-corrected chi connectivity index (χ0v) is 10.9. The van der Waals surface area contributed by atoms with E-state index < -0.39 is 0 Å². The van der Waals surface area contributed by atoms with Crippen molar-refractivity contribution < 1.29 is 4.79 Å². The van der Waals surface area contributed by atoms with Crippen LogP contribution in [0, 0.1) is 0 Å².